The Hall–Kier alpha value is -0.940. The summed E-state index contributed by atoms with van der Waals surface area (Å²) >= 11 is 0. The number of hydrogen-bond acceptors (Lipinski definition) is 4. The number of rotatable bonds is 6. The van der Waals surface area contributed by atoms with E-state index in [4.69, 9.17) is 5.73 Å². The third-order valence-electron chi connectivity index (χ3n) is 1.81. The Morgan fingerprint density at radius 3 is 2.50 bits per heavy atom. The van der Waals surface area contributed by atoms with Gasteiger partial charge in [-0.2, -0.15) is 0 Å². The maximum absolute atomic E-state index is 11.2. The summed E-state index contributed by atoms with van der Waals surface area (Å²) in [7, 11) is 0. The topological polar surface area (TPSA) is 92.4 Å². The highest BCUT2D eigenvalue weighted by Crippen LogP contribution is 1.99. The van der Waals surface area contributed by atoms with Crippen molar-refractivity contribution in [3.63, 3.8) is 0 Å². The molecule has 5 nitrogen and oxygen atoms in total. The Balaban J connectivity index is 3.91. The van der Waals surface area contributed by atoms with Gasteiger partial charge in [0.05, 0.1) is 6.54 Å². The number of aliphatic hydroxyl groups is 1. The van der Waals surface area contributed by atoms with Crippen molar-refractivity contribution in [2.75, 3.05) is 6.54 Å². The Bertz CT molecular complexity index is 206. The van der Waals surface area contributed by atoms with Crippen molar-refractivity contribution in [3.8, 4) is 0 Å². The third-order valence-corrected chi connectivity index (χ3v) is 1.81. The van der Waals surface area contributed by atoms with Gasteiger partial charge in [-0.15, -0.1) is 0 Å². The molecule has 0 aliphatic heterocycles. The van der Waals surface area contributed by atoms with Crippen molar-refractivity contribution in [2.45, 2.75) is 38.8 Å². The molecule has 0 radical (unpaired) electrons. The molecule has 0 rings (SSSR count). The first-order valence-corrected chi connectivity index (χ1v) is 4.69. The van der Waals surface area contributed by atoms with E-state index < -0.39 is 18.1 Å². The number of carbonyl (C=O) groups is 2. The van der Waals surface area contributed by atoms with Crippen LogP contribution in [0.2, 0.25) is 0 Å². The fourth-order valence-electron chi connectivity index (χ4n) is 1.00. The Morgan fingerprint density at radius 2 is 2.07 bits per heavy atom. The Kier molecular flexibility index (Phi) is 6.07. The van der Waals surface area contributed by atoms with Gasteiger partial charge in [0, 0.05) is 6.04 Å². The maximum Gasteiger partial charge on any atom is 0.250 e. The van der Waals surface area contributed by atoms with E-state index in [0.29, 0.717) is 6.42 Å². The molecule has 0 bridgehead atoms. The van der Waals surface area contributed by atoms with Gasteiger partial charge in [0.2, 0.25) is 0 Å². The summed E-state index contributed by atoms with van der Waals surface area (Å²) in [5.74, 6) is -0.740. The molecule has 0 aromatic rings. The Labute approximate surface area is 83.7 Å². The van der Waals surface area contributed by atoms with Crippen LogP contribution >= 0.6 is 0 Å². The predicted molar refractivity (Wildman–Crippen MR) is 52.6 cm³/mol. The minimum absolute atomic E-state index is 0.0608. The van der Waals surface area contributed by atoms with Gasteiger partial charge in [-0.25, -0.2) is 0 Å². The highest BCUT2D eigenvalue weighted by atomic mass is 16.3. The number of ketones is 1. The predicted octanol–water partition coefficient (Wildman–Crippen LogP) is -0.820. The standard InChI is InChI=1S/C9H18N2O3/c1-3-4-7(10)8(13)9(14)11-5-6(2)12/h7-8,13H,3-5,10H2,1-2H3,(H,11,14). The van der Waals surface area contributed by atoms with Crippen LogP contribution in [0.1, 0.15) is 26.7 Å². The first-order valence-electron chi connectivity index (χ1n) is 4.69. The minimum Gasteiger partial charge on any atom is -0.382 e. The molecule has 0 heterocycles. The van der Waals surface area contributed by atoms with E-state index in [0.717, 1.165) is 6.42 Å². The lowest BCUT2D eigenvalue weighted by atomic mass is 10.1. The molecule has 2 unspecified atom stereocenters. The second-order valence-electron chi connectivity index (χ2n) is 3.32. The number of carbonyl (C=O) groups excluding carboxylic acids is 2. The van der Waals surface area contributed by atoms with Crippen molar-refractivity contribution >= 4 is 11.7 Å². The van der Waals surface area contributed by atoms with Crippen LogP contribution in [0.15, 0.2) is 0 Å². The van der Waals surface area contributed by atoms with Crippen LogP contribution in [0, 0.1) is 0 Å². The molecule has 1 amide bonds. The monoisotopic (exact) mass is 202 g/mol. The zero-order valence-corrected chi connectivity index (χ0v) is 8.62. The smallest absolute Gasteiger partial charge is 0.250 e. The molecule has 0 aliphatic carbocycles. The lowest BCUT2D eigenvalue weighted by molar-refractivity contribution is -0.132. The second kappa shape index (κ2) is 6.50. The molecule has 2 atom stereocenters. The zero-order chi connectivity index (χ0) is 11.1. The lowest BCUT2D eigenvalue weighted by Crippen LogP contribution is -2.47. The number of amides is 1. The molecule has 4 N–H and O–H groups in total. The van der Waals surface area contributed by atoms with Gasteiger partial charge in [-0.05, 0) is 13.3 Å². The second-order valence-corrected chi connectivity index (χ2v) is 3.32. The van der Waals surface area contributed by atoms with E-state index in [2.05, 4.69) is 5.32 Å². The molecule has 0 aliphatic rings. The number of nitrogens with one attached hydrogen (secondary N) is 1. The number of hydrogen-bond donors (Lipinski definition) is 3. The third kappa shape index (κ3) is 4.94. The lowest BCUT2D eigenvalue weighted by Gasteiger charge is -2.17. The van der Waals surface area contributed by atoms with Gasteiger partial charge in [0.25, 0.3) is 5.91 Å². The summed E-state index contributed by atoms with van der Waals surface area (Å²) in [6.45, 7) is 3.22. The van der Waals surface area contributed by atoms with Crippen LogP contribution in [-0.2, 0) is 9.59 Å². The van der Waals surface area contributed by atoms with Crippen LogP contribution in [0.25, 0.3) is 0 Å². The van der Waals surface area contributed by atoms with Gasteiger partial charge >= 0.3 is 0 Å². The molecule has 0 aromatic heterocycles. The van der Waals surface area contributed by atoms with Gasteiger partial charge in [-0.1, -0.05) is 13.3 Å². The molecular weight excluding hydrogens is 184 g/mol. The fourth-order valence-corrected chi connectivity index (χ4v) is 1.00. The molecule has 0 fully saturated rings. The Morgan fingerprint density at radius 1 is 1.50 bits per heavy atom. The van der Waals surface area contributed by atoms with E-state index >= 15 is 0 Å². The first-order chi connectivity index (χ1) is 6.49. The molecule has 0 aromatic carbocycles. The van der Waals surface area contributed by atoms with Crippen molar-refractivity contribution in [1.82, 2.24) is 5.32 Å². The quantitative estimate of drug-likeness (QED) is 0.524. The minimum atomic E-state index is -1.23. The van der Waals surface area contributed by atoms with Crippen LogP contribution < -0.4 is 11.1 Å². The van der Waals surface area contributed by atoms with Crippen LogP contribution in [0.3, 0.4) is 0 Å². The number of aliphatic hydroxyl groups excluding tert-OH is 1. The molecular formula is C9H18N2O3. The van der Waals surface area contributed by atoms with Gasteiger partial charge < -0.3 is 16.2 Å². The molecule has 0 spiro atoms. The SMILES string of the molecule is CCCC(N)C(O)C(=O)NCC(C)=O. The summed E-state index contributed by atoms with van der Waals surface area (Å²) in [6.07, 6.45) is 0.154. The normalized spacial score (nSPS) is 14.6. The highest BCUT2D eigenvalue weighted by Gasteiger charge is 2.21. The average Bonchev–Trinajstić information content (AvgIpc) is 2.13. The van der Waals surface area contributed by atoms with Crippen molar-refractivity contribution in [3.05, 3.63) is 0 Å². The first kappa shape index (κ1) is 13.1. The largest absolute Gasteiger partial charge is 0.382 e. The van der Waals surface area contributed by atoms with Crippen molar-refractivity contribution in [1.29, 1.82) is 0 Å². The molecule has 82 valence electrons. The van der Waals surface area contributed by atoms with Gasteiger partial charge in [-0.3, -0.25) is 9.59 Å². The summed E-state index contributed by atoms with van der Waals surface area (Å²) in [4.78, 5) is 21.7. The molecule has 0 saturated heterocycles. The summed E-state index contributed by atoms with van der Waals surface area (Å²) in [5.41, 5.74) is 5.54. The summed E-state index contributed by atoms with van der Waals surface area (Å²) in [5, 5.41) is 11.7. The van der Waals surface area contributed by atoms with E-state index in [1.165, 1.54) is 6.92 Å². The van der Waals surface area contributed by atoms with Gasteiger partial charge in [0.15, 0.2) is 0 Å². The summed E-state index contributed by atoms with van der Waals surface area (Å²) in [6, 6.07) is -0.563. The maximum atomic E-state index is 11.2. The zero-order valence-electron chi connectivity index (χ0n) is 8.62. The van der Waals surface area contributed by atoms with E-state index in [9.17, 15) is 14.7 Å². The summed E-state index contributed by atoms with van der Waals surface area (Å²) < 4.78 is 0. The molecule has 5 heteroatoms. The number of Topliss-reactive ketones (excluding diaryl/α,β-unsaturated/α-hetero) is 1. The van der Waals surface area contributed by atoms with Crippen LogP contribution in [-0.4, -0.2) is 35.5 Å². The molecule has 0 saturated carbocycles. The molecule has 14 heavy (non-hydrogen) atoms. The van der Waals surface area contributed by atoms with Gasteiger partial charge in [0.1, 0.15) is 11.9 Å². The highest BCUT2D eigenvalue weighted by molar-refractivity contribution is 5.86. The fraction of sp³-hybridized carbons (Fsp3) is 0.778. The average molecular weight is 202 g/mol. The number of nitrogens with two attached hydrogens (primary N) is 1. The van der Waals surface area contributed by atoms with Crippen LogP contribution in [0.4, 0.5) is 0 Å². The van der Waals surface area contributed by atoms with E-state index in [1.807, 2.05) is 6.92 Å². The van der Waals surface area contributed by atoms with E-state index in [-0.39, 0.29) is 12.3 Å². The van der Waals surface area contributed by atoms with Crippen molar-refractivity contribution in [2.24, 2.45) is 5.73 Å². The van der Waals surface area contributed by atoms with E-state index in [1.54, 1.807) is 0 Å². The van der Waals surface area contributed by atoms with Crippen LogP contribution in [0.5, 0.6) is 0 Å². The van der Waals surface area contributed by atoms with Crippen molar-refractivity contribution < 1.29 is 14.7 Å².